The van der Waals surface area contributed by atoms with Crippen LogP contribution in [0, 0.1) is 0 Å². The first-order valence-corrected chi connectivity index (χ1v) is 8.91. The number of rotatable bonds is 3. The van der Waals surface area contributed by atoms with E-state index in [1.54, 1.807) is 18.2 Å². The van der Waals surface area contributed by atoms with Crippen molar-refractivity contribution in [3.05, 3.63) is 48.5 Å². The number of hydrogen-bond donors (Lipinski definition) is 3. The van der Waals surface area contributed by atoms with Crippen LogP contribution in [0.1, 0.15) is 12.8 Å². The third kappa shape index (κ3) is 3.48. The number of aromatic hydroxyl groups is 1. The monoisotopic (exact) mass is 364 g/mol. The van der Waals surface area contributed by atoms with Crippen LogP contribution in [-0.2, 0) is 0 Å². The second-order valence-corrected chi connectivity index (χ2v) is 6.62. The summed E-state index contributed by atoms with van der Waals surface area (Å²) in [5.74, 6) is 1.43. The Kier molecular flexibility index (Phi) is 4.50. The summed E-state index contributed by atoms with van der Waals surface area (Å²) in [6.07, 6.45) is 0.454. The molecule has 2 aromatic carbocycles. The van der Waals surface area contributed by atoms with Gasteiger partial charge in [-0.1, -0.05) is 24.3 Å². The summed E-state index contributed by atoms with van der Waals surface area (Å²) in [6.45, 7) is 1.40. The van der Waals surface area contributed by atoms with E-state index in [-0.39, 0.29) is 11.8 Å². The van der Waals surface area contributed by atoms with E-state index in [0.29, 0.717) is 24.5 Å². The molecule has 3 aromatic rings. The Morgan fingerprint density at radius 2 is 1.74 bits per heavy atom. The van der Waals surface area contributed by atoms with Crippen LogP contribution in [0.15, 0.2) is 48.5 Å². The zero-order valence-corrected chi connectivity index (χ0v) is 14.7. The maximum absolute atomic E-state index is 10.9. The van der Waals surface area contributed by atoms with Gasteiger partial charge in [0.15, 0.2) is 5.82 Å². The van der Waals surface area contributed by atoms with Gasteiger partial charge < -0.3 is 20.4 Å². The number of nitrogens with one attached hydrogen (secondary N) is 1. The van der Waals surface area contributed by atoms with Crippen molar-refractivity contribution in [1.82, 2.24) is 15.3 Å². The van der Waals surface area contributed by atoms with E-state index in [9.17, 15) is 9.90 Å². The van der Waals surface area contributed by atoms with E-state index in [1.807, 2.05) is 30.3 Å². The SMILES string of the molecule is O=C(O)NC1CCN(c2nc(-c3ccccc3O)nc3ccccc23)CC1. The molecule has 1 aromatic heterocycles. The number of phenols is 1. The van der Waals surface area contributed by atoms with Gasteiger partial charge in [0.25, 0.3) is 0 Å². The van der Waals surface area contributed by atoms with E-state index in [4.69, 9.17) is 10.1 Å². The summed E-state index contributed by atoms with van der Waals surface area (Å²) in [7, 11) is 0. The highest BCUT2D eigenvalue weighted by Gasteiger charge is 2.23. The van der Waals surface area contributed by atoms with Gasteiger partial charge in [0, 0.05) is 24.5 Å². The highest BCUT2D eigenvalue weighted by molar-refractivity contribution is 5.91. The van der Waals surface area contributed by atoms with Gasteiger partial charge in [-0.15, -0.1) is 0 Å². The van der Waals surface area contributed by atoms with Gasteiger partial charge in [0.2, 0.25) is 0 Å². The molecule has 27 heavy (non-hydrogen) atoms. The Hall–Kier alpha value is -3.35. The number of anilines is 1. The Morgan fingerprint density at radius 1 is 1.04 bits per heavy atom. The fraction of sp³-hybridized carbons (Fsp3) is 0.250. The zero-order chi connectivity index (χ0) is 18.8. The summed E-state index contributed by atoms with van der Waals surface area (Å²) < 4.78 is 0. The molecule has 3 N–H and O–H groups in total. The predicted molar refractivity (Wildman–Crippen MR) is 103 cm³/mol. The van der Waals surface area contributed by atoms with E-state index in [1.165, 1.54) is 0 Å². The van der Waals surface area contributed by atoms with Crippen molar-refractivity contribution in [2.24, 2.45) is 0 Å². The van der Waals surface area contributed by atoms with Crippen molar-refractivity contribution < 1.29 is 15.0 Å². The lowest BCUT2D eigenvalue weighted by atomic mass is 10.0. The molecule has 1 aliphatic heterocycles. The number of para-hydroxylation sites is 2. The maximum Gasteiger partial charge on any atom is 0.404 e. The van der Waals surface area contributed by atoms with Crippen molar-refractivity contribution in [2.45, 2.75) is 18.9 Å². The molecule has 0 saturated carbocycles. The molecule has 2 heterocycles. The highest BCUT2D eigenvalue weighted by atomic mass is 16.4. The van der Waals surface area contributed by atoms with Gasteiger partial charge in [-0.25, -0.2) is 14.8 Å². The number of hydrogen-bond acceptors (Lipinski definition) is 5. The first-order chi connectivity index (χ1) is 13.1. The van der Waals surface area contributed by atoms with Gasteiger partial charge in [-0.05, 0) is 37.1 Å². The van der Waals surface area contributed by atoms with Crippen molar-refractivity contribution in [3.63, 3.8) is 0 Å². The van der Waals surface area contributed by atoms with Gasteiger partial charge in [-0.3, -0.25) is 0 Å². The van der Waals surface area contributed by atoms with E-state index in [2.05, 4.69) is 15.2 Å². The van der Waals surface area contributed by atoms with Crippen molar-refractivity contribution >= 4 is 22.8 Å². The maximum atomic E-state index is 10.9. The Morgan fingerprint density at radius 3 is 2.48 bits per heavy atom. The molecular formula is C20H20N4O3. The van der Waals surface area contributed by atoms with Gasteiger partial charge in [-0.2, -0.15) is 0 Å². The average Bonchev–Trinajstić information content (AvgIpc) is 2.68. The fourth-order valence-corrected chi connectivity index (χ4v) is 3.49. The molecule has 7 heteroatoms. The Balaban J connectivity index is 1.72. The van der Waals surface area contributed by atoms with Gasteiger partial charge in [0.1, 0.15) is 11.6 Å². The van der Waals surface area contributed by atoms with E-state index >= 15 is 0 Å². The lowest BCUT2D eigenvalue weighted by molar-refractivity contribution is 0.187. The molecule has 0 radical (unpaired) electrons. The summed E-state index contributed by atoms with van der Waals surface area (Å²) in [5, 5.41) is 22.6. The standard InChI is InChI=1S/C20H20N4O3/c25-17-8-4-2-6-15(17)18-22-16-7-3-1-5-14(16)19(23-18)24-11-9-13(10-12-24)21-20(26)27/h1-8,13,21,25H,9-12H2,(H,26,27). The highest BCUT2D eigenvalue weighted by Crippen LogP contribution is 2.32. The van der Waals surface area contributed by atoms with Crippen LogP contribution in [0.3, 0.4) is 0 Å². The second kappa shape index (κ2) is 7.11. The largest absolute Gasteiger partial charge is 0.507 e. The van der Waals surface area contributed by atoms with Crippen LogP contribution in [0.5, 0.6) is 5.75 Å². The molecule has 0 spiro atoms. The summed E-state index contributed by atoms with van der Waals surface area (Å²) >= 11 is 0. The fourth-order valence-electron chi connectivity index (χ4n) is 3.49. The molecule has 0 atom stereocenters. The zero-order valence-electron chi connectivity index (χ0n) is 14.7. The lowest BCUT2D eigenvalue weighted by Gasteiger charge is -2.33. The number of phenolic OH excluding ortho intramolecular Hbond substituents is 1. The van der Waals surface area contributed by atoms with Crippen LogP contribution >= 0.6 is 0 Å². The molecule has 138 valence electrons. The summed E-state index contributed by atoms with van der Waals surface area (Å²) in [4.78, 5) is 22.4. The number of carbonyl (C=O) groups is 1. The van der Waals surface area contributed by atoms with Crippen LogP contribution in [-0.4, -0.2) is 45.4 Å². The second-order valence-electron chi connectivity index (χ2n) is 6.62. The smallest absolute Gasteiger partial charge is 0.404 e. The van der Waals surface area contributed by atoms with Crippen LogP contribution in [0.4, 0.5) is 10.6 Å². The van der Waals surface area contributed by atoms with Crippen LogP contribution < -0.4 is 10.2 Å². The van der Waals surface area contributed by atoms with E-state index in [0.717, 1.165) is 29.6 Å². The molecular weight excluding hydrogens is 344 g/mol. The minimum Gasteiger partial charge on any atom is -0.507 e. The Labute approximate surface area is 156 Å². The normalized spacial score (nSPS) is 15.0. The average molecular weight is 364 g/mol. The van der Waals surface area contributed by atoms with Gasteiger partial charge in [0.05, 0.1) is 11.1 Å². The molecule has 1 aliphatic rings. The summed E-state index contributed by atoms with van der Waals surface area (Å²) in [5.41, 5.74) is 1.40. The third-order valence-electron chi connectivity index (χ3n) is 4.85. The van der Waals surface area contributed by atoms with Crippen LogP contribution in [0.2, 0.25) is 0 Å². The summed E-state index contributed by atoms with van der Waals surface area (Å²) in [6, 6.07) is 14.8. The lowest BCUT2D eigenvalue weighted by Crippen LogP contribution is -2.44. The minimum absolute atomic E-state index is 0.0375. The van der Waals surface area contributed by atoms with Crippen molar-refractivity contribution in [1.29, 1.82) is 0 Å². The molecule has 7 nitrogen and oxygen atoms in total. The number of benzene rings is 2. The third-order valence-corrected chi connectivity index (χ3v) is 4.85. The van der Waals surface area contributed by atoms with E-state index < -0.39 is 6.09 Å². The van der Waals surface area contributed by atoms with Crippen molar-refractivity contribution in [3.8, 4) is 17.1 Å². The Bertz CT molecular complexity index is 984. The number of fused-ring (bicyclic) bond motifs is 1. The minimum atomic E-state index is -0.984. The number of carboxylic acid groups (broad SMARTS) is 1. The molecule has 1 fully saturated rings. The first kappa shape index (κ1) is 17.1. The predicted octanol–water partition coefficient (Wildman–Crippen LogP) is 3.24. The number of aromatic nitrogens is 2. The molecule has 0 unspecified atom stereocenters. The molecule has 4 rings (SSSR count). The number of amides is 1. The molecule has 0 bridgehead atoms. The number of nitrogens with zero attached hydrogens (tertiary/aromatic N) is 3. The topological polar surface area (TPSA) is 98.6 Å². The molecule has 1 amide bonds. The van der Waals surface area contributed by atoms with Gasteiger partial charge >= 0.3 is 6.09 Å². The van der Waals surface area contributed by atoms with Crippen LogP contribution in [0.25, 0.3) is 22.3 Å². The quantitative estimate of drug-likeness (QED) is 0.660. The molecule has 1 saturated heterocycles. The molecule has 0 aliphatic carbocycles. The van der Waals surface area contributed by atoms with Crippen molar-refractivity contribution in [2.75, 3.05) is 18.0 Å². The number of piperidine rings is 1. The first-order valence-electron chi connectivity index (χ1n) is 8.91.